The normalized spacial score (nSPS) is 17.1. The van der Waals surface area contributed by atoms with Crippen LogP contribution in [0.2, 0.25) is 0 Å². The molecule has 1 aliphatic heterocycles. The Hall–Kier alpha value is -4.19. The summed E-state index contributed by atoms with van der Waals surface area (Å²) in [5.41, 5.74) is 4.17. The van der Waals surface area contributed by atoms with E-state index in [2.05, 4.69) is 9.97 Å². The van der Waals surface area contributed by atoms with Crippen LogP contribution in [0.15, 0.2) is 96.1 Å². The minimum absolute atomic E-state index is 0.185. The van der Waals surface area contributed by atoms with Gasteiger partial charge in [0.25, 0.3) is 0 Å². The number of hydrogen-bond acceptors (Lipinski definition) is 4. The van der Waals surface area contributed by atoms with E-state index in [0.717, 1.165) is 27.9 Å². The van der Waals surface area contributed by atoms with Crippen molar-refractivity contribution in [1.82, 2.24) is 9.97 Å². The molecule has 1 amide bonds. The van der Waals surface area contributed by atoms with Crippen LogP contribution in [0.4, 0.5) is 10.5 Å². The predicted octanol–water partition coefficient (Wildman–Crippen LogP) is 5.58. The van der Waals surface area contributed by atoms with Crippen LogP contribution in [0.3, 0.4) is 0 Å². The maximum Gasteiger partial charge on any atom is 0.415 e. The van der Waals surface area contributed by atoms with Crippen molar-refractivity contribution in [3.63, 3.8) is 0 Å². The van der Waals surface area contributed by atoms with Crippen LogP contribution in [0.25, 0.3) is 22.4 Å². The number of hydrogen-bond donors (Lipinski definition) is 1. The molecule has 1 fully saturated rings. The van der Waals surface area contributed by atoms with Crippen LogP contribution in [-0.2, 0) is 4.74 Å². The molecule has 0 spiro atoms. The fraction of sp³-hybridized carbons (Fsp3) is 0.148. The van der Waals surface area contributed by atoms with Gasteiger partial charge < -0.3 is 9.72 Å². The van der Waals surface area contributed by atoms with Gasteiger partial charge >= 0.3 is 6.09 Å². The van der Waals surface area contributed by atoms with Crippen LogP contribution >= 0.6 is 0 Å². The van der Waals surface area contributed by atoms with E-state index < -0.39 is 5.60 Å². The number of benzene rings is 2. The van der Waals surface area contributed by atoms with Crippen LogP contribution in [0.5, 0.6) is 0 Å². The second-order valence-corrected chi connectivity index (χ2v) is 8.55. The van der Waals surface area contributed by atoms with Crippen LogP contribution in [-0.4, -0.2) is 21.7 Å². The summed E-state index contributed by atoms with van der Waals surface area (Å²) in [6.07, 6.45) is 3.09. The average molecular weight is 437 g/mol. The van der Waals surface area contributed by atoms with Gasteiger partial charge in [0, 0.05) is 35.3 Å². The zero-order chi connectivity index (χ0) is 23.0. The number of pyridine rings is 2. The molecule has 33 heavy (non-hydrogen) atoms. The monoisotopic (exact) mass is 437 g/mol. The largest absolute Gasteiger partial charge is 0.441 e. The van der Waals surface area contributed by atoms with E-state index in [1.165, 1.54) is 6.07 Å². The Kier molecular flexibility index (Phi) is 5.05. The third-order valence-corrected chi connectivity index (χ3v) is 5.90. The minimum Gasteiger partial charge on any atom is -0.441 e. The van der Waals surface area contributed by atoms with Gasteiger partial charge in [-0.15, -0.1) is 0 Å². The number of carbonyl (C=O) groups excluding carboxylic acids is 1. The lowest BCUT2D eigenvalue weighted by molar-refractivity contribution is 0.0685. The highest BCUT2D eigenvalue weighted by molar-refractivity contribution is 5.92. The Labute approximate surface area is 191 Å². The van der Waals surface area contributed by atoms with Gasteiger partial charge in [-0.3, -0.25) is 14.7 Å². The Morgan fingerprint density at radius 3 is 2.33 bits per heavy atom. The maximum atomic E-state index is 12.9. The number of cyclic esters (lactones) is 1. The van der Waals surface area contributed by atoms with Crippen LogP contribution in [0.1, 0.15) is 25.5 Å². The lowest BCUT2D eigenvalue weighted by Crippen LogP contribution is -2.33. The van der Waals surface area contributed by atoms with Crippen molar-refractivity contribution in [3.05, 3.63) is 107 Å². The molecule has 4 aromatic rings. The molecule has 0 unspecified atom stereocenters. The summed E-state index contributed by atoms with van der Waals surface area (Å²) < 4.78 is 5.72. The summed E-state index contributed by atoms with van der Waals surface area (Å²) in [5, 5.41) is 0. The molecule has 164 valence electrons. The molecule has 2 aromatic carbocycles. The molecular formula is C27H23N3O3. The molecular weight excluding hydrogens is 414 g/mol. The van der Waals surface area contributed by atoms with E-state index in [-0.39, 0.29) is 17.7 Å². The van der Waals surface area contributed by atoms with Gasteiger partial charge in [0.2, 0.25) is 5.56 Å². The van der Waals surface area contributed by atoms with Crippen molar-refractivity contribution in [2.75, 3.05) is 4.90 Å². The number of amides is 1. The smallest absolute Gasteiger partial charge is 0.415 e. The summed E-state index contributed by atoms with van der Waals surface area (Å²) in [7, 11) is 0. The minimum atomic E-state index is -0.685. The summed E-state index contributed by atoms with van der Waals surface area (Å²) in [4.78, 5) is 33.8. The quantitative estimate of drug-likeness (QED) is 0.452. The number of aromatic nitrogens is 2. The Bertz CT molecular complexity index is 1350. The second kappa shape index (κ2) is 8.06. The molecule has 6 nitrogen and oxygen atoms in total. The number of ether oxygens (including phenoxy) is 1. The zero-order valence-corrected chi connectivity index (χ0v) is 18.4. The van der Waals surface area contributed by atoms with Crippen molar-refractivity contribution in [2.24, 2.45) is 0 Å². The number of anilines is 1. The number of nitrogens with zero attached hydrogens (tertiary/aromatic N) is 2. The first-order valence-electron chi connectivity index (χ1n) is 10.8. The van der Waals surface area contributed by atoms with Gasteiger partial charge in [-0.25, -0.2) is 4.79 Å². The first-order chi connectivity index (χ1) is 15.9. The van der Waals surface area contributed by atoms with Gasteiger partial charge in [0.1, 0.15) is 11.6 Å². The van der Waals surface area contributed by atoms with Gasteiger partial charge in [-0.05, 0) is 49.2 Å². The molecule has 3 heterocycles. The SMILES string of the molecule is CC1(C)OC(=O)N(c2ccc(-c3[nH]c(=O)ccc3-c3cccnc3)cc2)[C@H]1c1ccccc1. The van der Waals surface area contributed by atoms with Gasteiger partial charge in [0.05, 0.1) is 5.69 Å². The van der Waals surface area contributed by atoms with E-state index in [4.69, 9.17) is 4.74 Å². The van der Waals surface area contributed by atoms with E-state index in [1.807, 2.05) is 80.6 Å². The summed E-state index contributed by atoms with van der Waals surface area (Å²) in [6, 6.07) is 24.3. The standard InChI is InChI=1S/C27H23N3O3/c1-27(2)25(19-7-4-3-5-8-19)30(26(32)33-27)21-12-10-18(11-13-21)24-22(14-15-23(31)29-24)20-9-6-16-28-17-20/h3-17,25H,1-2H3,(H,29,31)/t25-/m0/s1. The lowest BCUT2D eigenvalue weighted by Gasteiger charge is -2.29. The summed E-state index contributed by atoms with van der Waals surface area (Å²) >= 11 is 0. The number of H-pyrrole nitrogens is 1. The molecule has 0 saturated carbocycles. The molecule has 0 aliphatic carbocycles. The number of aromatic amines is 1. The zero-order valence-electron chi connectivity index (χ0n) is 18.4. The lowest BCUT2D eigenvalue weighted by atomic mass is 9.91. The predicted molar refractivity (Wildman–Crippen MR) is 128 cm³/mol. The first kappa shape index (κ1) is 20.7. The topological polar surface area (TPSA) is 75.3 Å². The van der Waals surface area contributed by atoms with Crippen molar-refractivity contribution in [3.8, 4) is 22.4 Å². The van der Waals surface area contributed by atoms with Crippen molar-refractivity contribution >= 4 is 11.8 Å². The molecule has 2 aromatic heterocycles. The van der Waals surface area contributed by atoms with Gasteiger partial charge in [-0.1, -0.05) is 48.5 Å². The van der Waals surface area contributed by atoms with Crippen LogP contribution in [0, 0.1) is 0 Å². The summed E-state index contributed by atoms with van der Waals surface area (Å²) in [6.45, 7) is 3.84. The molecule has 1 aliphatic rings. The Morgan fingerprint density at radius 1 is 0.879 bits per heavy atom. The fourth-order valence-corrected chi connectivity index (χ4v) is 4.44. The number of carbonyl (C=O) groups is 1. The first-order valence-corrected chi connectivity index (χ1v) is 10.8. The van der Waals surface area contributed by atoms with E-state index in [9.17, 15) is 9.59 Å². The summed E-state index contributed by atoms with van der Waals surface area (Å²) in [5.74, 6) is 0. The third kappa shape index (κ3) is 3.80. The van der Waals surface area contributed by atoms with Gasteiger partial charge in [0.15, 0.2) is 0 Å². The molecule has 1 saturated heterocycles. The molecule has 1 atom stereocenters. The highest BCUT2D eigenvalue weighted by Gasteiger charge is 2.49. The number of rotatable bonds is 4. The van der Waals surface area contributed by atoms with E-state index >= 15 is 0 Å². The van der Waals surface area contributed by atoms with E-state index in [1.54, 1.807) is 23.4 Å². The highest BCUT2D eigenvalue weighted by Crippen LogP contribution is 2.44. The number of nitrogens with one attached hydrogen (secondary N) is 1. The average Bonchev–Trinajstić information content (AvgIpc) is 3.08. The van der Waals surface area contributed by atoms with Gasteiger partial charge in [-0.2, -0.15) is 0 Å². The highest BCUT2D eigenvalue weighted by atomic mass is 16.6. The van der Waals surface area contributed by atoms with Crippen LogP contribution < -0.4 is 10.5 Å². The van der Waals surface area contributed by atoms with Crippen molar-refractivity contribution in [1.29, 1.82) is 0 Å². The molecule has 1 N–H and O–H groups in total. The molecule has 6 heteroatoms. The molecule has 0 bridgehead atoms. The third-order valence-electron chi connectivity index (χ3n) is 5.90. The maximum absolute atomic E-state index is 12.9. The van der Waals surface area contributed by atoms with E-state index in [0.29, 0.717) is 5.69 Å². The molecule has 5 rings (SSSR count). The van der Waals surface area contributed by atoms with Crippen molar-refractivity contribution < 1.29 is 9.53 Å². The Morgan fingerprint density at radius 2 is 1.64 bits per heavy atom. The fourth-order valence-electron chi connectivity index (χ4n) is 4.44. The molecule has 0 radical (unpaired) electrons. The Balaban J connectivity index is 1.55. The second-order valence-electron chi connectivity index (χ2n) is 8.55. The van der Waals surface area contributed by atoms with Crippen molar-refractivity contribution in [2.45, 2.75) is 25.5 Å².